The summed E-state index contributed by atoms with van der Waals surface area (Å²) in [4.78, 5) is 23.7. The molecule has 1 saturated heterocycles. The number of rotatable bonds is 5. The Kier molecular flexibility index (Phi) is 4.47. The highest BCUT2D eigenvalue weighted by Crippen LogP contribution is 2.31. The van der Waals surface area contributed by atoms with E-state index in [2.05, 4.69) is 24.8 Å². The highest BCUT2D eigenvalue weighted by atomic mass is 16.1. The van der Waals surface area contributed by atoms with Crippen LogP contribution in [0.3, 0.4) is 0 Å². The van der Waals surface area contributed by atoms with Gasteiger partial charge in [0.1, 0.15) is 5.52 Å². The average Bonchev–Trinajstić information content (AvgIpc) is 3.34. The van der Waals surface area contributed by atoms with Gasteiger partial charge >= 0.3 is 0 Å². The summed E-state index contributed by atoms with van der Waals surface area (Å²) in [6.45, 7) is 3.93. The SMILES string of the molecule is O=C(NCCN1CCCC1)c1cnc2c(c1)ncn2C1CCCC1. The number of hydrogen-bond acceptors (Lipinski definition) is 4. The van der Waals surface area contributed by atoms with Crippen molar-refractivity contribution in [2.75, 3.05) is 26.2 Å². The van der Waals surface area contributed by atoms with Gasteiger partial charge in [0.2, 0.25) is 0 Å². The van der Waals surface area contributed by atoms with Crippen LogP contribution in [0.5, 0.6) is 0 Å². The predicted octanol–water partition coefficient (Wildman–Crippen LogP) is 2.37. The zero-order valence-electron chi connectivity index (χ0n) is 14.1. The van der Waals surface area contributed by atoms with Crippen LogP contribution < -0.4 is 5.32 Å². The molecule has 2 aromatic rings. The van der Waals surface area contributed by atoms with E-state index in [4.69, 9.17) is 0 Å². The predicted molar refractivity (Wildman–Crippen MR) is 93.0 cm³/mol. The third-order valence-electron chi connectivity index (χ3n) is 5.31. The first-order valence-corrected chi connectivity index (χ1v) is 9.14. The number of nitrogens with one attached hydrogen (secondary N) is 1. The van der Waals surface area contributed by atoms with Gasteiger partial charge in [-0.1, -0.05) is 12.8 Å². The molecule has 24 heavy (non-hydrogen) atoms. The van der Waals surface area contributed by atoms with Gasteiger partial charge in [0.15, 0.2) is 5.65 Å². The molecule has 6 nitrogen and oxygen atoms in total. The number of aromatic nitrogens is 3. The van der Waals surface area contributed by atoms with E-state index in [-0.39, 0.29) is 5.91 Å². The molecule has 6 heteroatoms. The van der Waals surface area contributed by atoms with Gasteiger partial charge in [-0.3, -0.25) is 4.79 Å². The molecule has 2 aliphatic rings. The Morgan fingerprint density at radius 3 is 2.75 bits per heavy atom. The van der Waals surface area contributed by atoms with Crippen molar-refractivity contribution >= 4 is 17.1 Å². The first kappa shape index (κ1) is 15.6. The summed E-state index contributed by atoms with van der Waals surface area (Å²) in [5.41, 5.74) is 2.31. The van der Waals surface area contributed by atoms with Crippen molar-refractivity contribution in [3.8, 4) is 0 Å². The van der Waals surface area contributed by atoms with Crippen LogP contribution in [-0.2, 0) is 0 Å². The lowest BCUT2D eigenvalue weighted by Crippen LogP contribution is -2.33. The third-order valence-corrected chi connectivity index (χ3v) is 5.31. The Morgan fingerprint density at radius 1 is 1.17 bits per heavy atom. The molecule has 0 spiro atoms. The molecule has 3 heterocycles. The Bertz CT molecular complexity index is 713. The molecule has 2 fully saturated rings. The minimum Gasteiger partial charge on any atom is -0.351 e. The first-order chi connectivity index (χ1) is 11.8. The fourth-order valence-electron chi connectivity index (χ4n) is 3.93. The van der Waals surface area contributed by atoms with Crippen LogP contribution in [-0.4, -0.2) is 51.5 Å². The van der Waals surface area contributed by atoms with Gasteiger partial charge in [-0.25, -0.2) is 9.97 Å². The molecule has 4 rings (SSSR count). The molecule has 1 saturated carbocycles. The number of likely N-dealkylation sites (tertiary alicyclic amines) is 1. The summed E-state index contributed by atoms with van der Waals surface area (Å²) in [5, 5.41) is 3.00. The van der Waals surface area contributed by atoms with Gasteiger partial charge in [-0.15, -0.1) is 0 Å². The lowest BCUT2D eigenvalue weighted by Gasteiger charge is -2.14. The largest absolute Gasteiger partial charge is 0.351 e. The van der Waals surface area contributed by atoms with Crippen molar-refractivity contribution in [3.05, 3.63) is 24.2 Å². The number of carbonyl (C=O) groups excluding carboxylic acids is 1. The van der Waals surface area contributed by atoms with Gasteiger partial charge in [-0.05, 0) is 44.8 Å². The number of carbonyl (C=O) groups is 1. The van der Waals surface area contributed by atoms with Gasteiger partial charge < -0.3 is 14.8 Å². The van der Waals surface area contributed by atoms with Gasteiger partial charge in [0.25, 0.3) is 5.91 Å². The van der Waals surface area contributed by atoms with E-state index < -0.39 is 0 Å². The Labute approximate surface area is 142 Å². The van der Waals surface area contributed by atoms with Crippen molar-refractivity contribution in [1.82, 2.24) is 24.8 Å². The van der Waals surface area contributed by atoms with E-state index in [1.54, 1.807) is 6.20 Å². The molecule has 1 N–H and O–H groups in total. The molecule has 0 unspecified atom stereocenters. The van der Waals surface area contributed by atoms with E-state index in [0.29, 0.717) is 18.2 Å². The lowest BCUT2D eigenvalue weighted by atomic mass is 10.2. The van der Waals surface area contributed by atoms with Crippen molar-refractivity contribution in [2.24, 2.45) is 0 Å². The quantitative estimate of drug-likeness (QED) is 0.916. The molecule has 0 bridgehead atoms. The molecule has 1 amide bonds. The minimum absolute atomic E-state index is 0.0565. The van der Waals surface area contributed by atoms with Crippen LogP contribution >= 0.6 is 0 Å². The van der Waals surface area contributed by atoms with Crippen LogP contribution in [0.4, 0.5) is 0 Å². The number of fused-ring (bicyclic) bond motifs is 1. The van der Waals surface area contributed by atoms with Crippen molar-refractivity contribution in [1.29, 1.82) is 0 Å². The Morgan fingerprint density at radius 2 is 1.96 bits per heavy atom. The Balaban J connectivity index is 1.41. The summed E-state index contributed by atoms with van der Waals surface area (Å²) >= 11 is 0. The van der Waals surface area contributed by atoms with Crippen LogP contribution in [0.1, 0.15) is 54.9 Å². The van der Waals surface area contributed by atoms with Crippen LogP contribution in [0.15, 0.2) is 18.6 Å². The summed E-state index contributed by atoms with van der Waals surface area (Å²) in [5.74, 6) is -0.0565. The molecular weight excluding hydrogens is 302 g/mol. The van der Waals surface area contributed by atoms with E-state index in [9.17, 15) is 4.79 Å². The maximum atomic E-state index is 12.3. The molecular formula is C18H25N5O. The normalized spacial score (nSPS) is 19.3. The first-order valence-electron chi connectivity index (χ1n) is 9.14. The number of nitrogens with zero attached hydrogens (tertiary/aromatic N) is 4. The number of imidazole rings is 1. The average molecular weight is 327 g/mol. The van der Waals surface area contributed by atoms with Crippen molar-refractivity contribution in [2.45, 2.75) is 44.6 Å². The van der Waals surface area contributed by atoms with Crippen molar-refractivity contribution in [3.63, 3.8) is 0 Å². The maximum Gasteiger partial charge on any atom is 0.252 e. The van der Waals surface area contributed by atoms with Crippen LogP contribution in [0.25, 0.3) is 11.2 Å². The summed E-state index contributed by atoms with van der Waals surface area (Å²) < 4.78 is 2.18. The zero-order chi connectivity index (χ0) is 16.4. The fraction of sp³-hybridized carbons (Fsp3) is 0.611. The van der Waals surface area contributed by atoms with E-state index >= 15 is 0 Å². The van der Waals surface area contributed by atoms with Gasteiger partial charge in [-0.2, -0.15) is 0 Å². The second kappa shape index (κ2) is 6.89. The fourth-order valence-corrected chi connectivity index (χ4v) is 3.93. The minimum atomic E-state index is -0.0565. The smallest absolute Gasteiger partial charge is 0.252 e. The second-order valence-electron chi connectivity index (χ2n) is 6.96. The highest BCUT2D eigenvalue weighted by molar-refractivity contribution is 5.96. The van der Waals surface area contributed by atoms with Crippen LogP contribution in [0.2, 0.25) is 0 Å². The van der Waals surface area contributed by atoms with E-state index in [1.165, 1.54) is 38.5 Å². The van der Waals surface area contributed by atoms with Gasteiger partial charge in [0.05, 0.1) is 11.9 Å². The highest BCUT2D eigenvalue weighted by Gasteiger charge is 2.20. The third kappa shape index (κ3) is 3.15. The molecule has 128 valence electrons. The summed E-state index contributed by atoms with van der Waals surface area (Å²) in [6.07, 6.45) is 11.1. The molecule has 0 atom stereocenters. The van der Waals surface area contributed by atoms with E-state index in [0.717, 1.165) is 30.8 Å². The van der Waals surface area contributed by atoms with E-state index in [1.807, 2.05) is 12.4 Å². The number of hydrogen-bond donors (Lipinski definition) is 1. The molecule has 0 aromatic carbocycles. The number of pyridine rings is 1. The Hall–Kier alpha value is -1.95. The molecule has 1 aliphatic carbocycles. The standard InChI is InChI=1S/C18H25N5O/c24-18(19-7-10-22-8-3-4-9-22)14-11-16-17(20-12-14)23(13-21-16)15-5-1-2-6-15/h11-13,15H,1-10H2,(H,19,24). The van der Waals surface area contributed by atoms with Crippen LogP contribution in [0, 0.1) is 0 Å². The lowest BCUT2D eigenvalue weighted by molar-refractivity contribution is 0.0949. The summed E-state index contributed by atoms with van der Waals surface area (Å²) in [7, 11) is 0. The monoisotopic (exact) mass is 327 g/mol. The second-order valence-corrected chi connectivity index (χ2v) is 6.96. The molecule has 2 aromatic heterocycles. The summed E-state index contributed by atoms with van der Waals surface area (Å²) in [6, 6.07) is 2.38. The van der Waals surface area contributed by atoms with Gasteiger partial charge in [0, 0.05) is 25.3 Å². The maximum absolute atomic E-state index is 12.3. The zero-order valence-corrected chi connectivity index (χ0v) is 14.1. The molecule has 0 radical (unpaired) electrons. The number of amides is 1. The topological polar surface area (TPSA) is 63.1 Å². The molecule has 1 aliphatic heterocycles. The van der Waals surface area contributed by atoms with Crippen molar-refractivity contribution < 1.29 is 4.79 Å².